The topological polar surface area (TPSA) is 43.8 Å². The maximum Gasteiger partial charge on any atom is 0.141 e. The minimum Gasteiger partial charge on any atom is -0.383 e. The highest BCUT2D eigenvalue weighted by Gasteiger charge is 2.11. The van der Waals surface area contributed by atoms with E-state index in [-0.39, 0.29) is 0 Å². The van der Waals surface area contributed by atoms with Gasteiger partial charge in [0.15, 0.2) is 0 Å². The zero-order chi connectivity index (χ0) is 11.9. The van der Waals surface area contributed by atoms with Gasteiger partial charge in [-0.15, -0.1) is 0 Å². The van der Waals surface area contributed by atoms with Gasteiger partial charge >= 0.3 is 0 Å². The van der Waals surface area contributed by atoms with E-state index in [2.05, 4.69) is 53.9 Å². The quantitative estimate of drug-likeness (QED) is 0.872. The lowest BCUT2D eigenvalue weighted by Gasteiger charge is -2.12. The smallest absolute Gasteiger partial charge is 0.141 e. The zero-order valence-electron chi connectivity index (χ0n) is 9.58. The summed E-state index contributed by atoms with van der Waals surface area (Å²) in [6.45, 7) is 6.24. The fraction of sp³-hybridized carbons (Fsp3) is 0.250. The molecule has 1 aromatic carbocycles. The van der Waals surface area contributed by atoms with E-state index in [1.807, 2.05) is 0 Å². The first-order valence-corrected chi connectivity index (χ1v) is 5.87. The number of halogens is 1. The van der Waals surface area contributed by atoms with Crippen molar-refractivity contribution < 1.29 is 0 Å². The van der Waals surface area contributed by atoms with Crippen molar-refractivity contribution in [3.8, 4) is 5.69 Å². The molecule has 1 heterocycles. The highest BCUT2D eigenvalue weighted by Crippen LogP contribution is 2.26. The van der Waals surface area contributed by atoms with Gasteiger partial charge in [-0.2, -0.15) is 5.10 Å². The number of hydrogen-bond acceptors (Lipinski definition) is 2. The predicted octanol–water partition coefficient (Wildman–Crippen LogP) is 3.14. The molecule has 0 fully saturated rings. The van der Waals surface area contributed by atoms with Gasteiger partial charge in [0.05, 0.1) is 16.4 Å². The van der Waals surface area contributed by atoms with Crippen molar-refractivity contribution >= 4 is 21.7 Å². The standard InChI is InChI=1S/C12H14BrN3/c1-7-4-8(2)11(9(3)5-7)16-12(14)10(13)6-15-16/h4-6H,14H2,1-3H3. The Morgan fingerprint density at radius 1 is 1.19 bits per heavy atom. The molecule has 16 heavy (non-hydrogen) atoms. The van der Waals surface area contributed by atoms with Gasteiger partial charge in [-0.25, -0.2) is 4.68 Å². The number of hydrogen-bond donors (Lipinski definition) is 1. The summed E-state index contributed by atoms with van der Waals surface area (Å²) in [6.07, 6.45) is 1.72. The third kappa shape index (κ3) is 1.73. The second-order valence-electron chi connectivity index (χ2n) is 4.04. The fourth-order valence-electron chi connectivity index (χ4n) is 2.02. The van der Waals surface area contributed by atoms with Crippen LogP contribution >= 0.6 is 15.9 Å². The molecule has 0 radical (unpaired) electrons. The molecule has 2 N–H and O–H groups in total. The molecule has 4 heteroatoms. The maximum absolute atomic E-state index is 5.96. The van der Waals surface area contributed by atoms with Gasteiger partial charge in [0.1, 0.15) is 5.82 Å². The van der Waals surface area contributed by atoms with Gasteiger partial charge in [0, 0.05) is 0 Å². The number of aromatic nitrogens is 2. The molecule has 84 valence electrons. The molecule has 2 aromatic rings. The minimum absolute atomic E-state index is 0.634. The average molecular weight is 280 g/mol. The summed E-state index contributed by atoms with van der Waals surface area (Å²) < 4.78 is 2.60. The van der Waals surface area contributed by atoms with E-state index in [1.165, 1.54) is 16.7 Å². The molecule has 0 atom stereocenters. The minimum atomic E-state index is 0.634. The molecule has 0 unspecified atom stereocenters. The summed E-state index contributed by atoms with van der Waals surface area (Å²) in [7, 11) is 0. The van der Waals surface area contributed by atoms with E-state index >= 15 is 0 Å². The average Bonchev–Trinajstić information content (AvgIpc) is 2.48. The highest BCUT2D eigenvalue weighted by molar-refractivity contribution is 9.10. The van der Waals surface area contributed by atoms with Gasteiger partial charge in [-0.1, -0.05) is 17.7 Å². The number of aryl methyl sites for hydroxylation is 3. The van der Waals surface area contributed by atoms with Crippen LogP contribution in [0.4, 0.5) is 5.82 Å². The van der Waals surface area contributed by atoms with Crippen LogP contribution < -0.4 is 5.73 Å². The van der Waals surface area contributed by atoms with Crippen LogP contribution in [-0.2, 0) is 0 Å². The Bertz CT molecular complexity index is 520. The Balaban J connectivity index is 2.69. The van der Waals surface area contributed by atoms with Crippen molar-refractivity contribution in [3.05, 3.63) is 39.5 Å². The molecule has 0 aliphatic rings. The summed E-state index contributed by atoms with van der Waals surface area (Å²) in [5, 5.41) is 4.28. The van der Waals surface area contributed by atoms with Crippen LogP contribution in [-0.4, -0.2) is 9.78 Å². The molecule has 1 aromatic heterocycles. The second kappa shape index (κ2) is 3.94. The second-order valence-corrected chi connectivity index (χ2v) is 4.89. The van der Waals surface area contributed by atoms with Crippen LogP contribution in [0.5, 0.6) is 0 Å². The molecule has 0 saturated heterocycles. The number of nitrogens with two attached hydrogens (primary N) is 1. The number of benzene rings is 1. The molecular weight excluding hydrogens is 266 g/mol. The number of anilines is 1. The Morgan fingerprint density at radius 3 is 2.19 bits per heavy atom. The lowest BCUT2D eigenvalue weighted by atomic mass is 10.1. The van der Waals surface area contributed by atoms with Crippen molar-refractivity contribution in [1.29, 1.82) is 0 Å². The third-order valence-electron chi connectivity index (χ3n) is 2.61. The van der Waals surface area contributed by atoms with Crippen LogP contribution in [0.2, 0.25) is 0 Å². The monoisotopic (exact) mass is 279 g/mol. The Hall–Kier alpha value is -1.29. The summed E-state index contributed by atoms with van der Waals surface area (Å²) in [6, 6.07) is 4.27. The molecule has 0 aliphatic heterocycles. The molecule has 2 rings (SSSR count). The van der Waals surface area contributed by atoms with Crippen LogP contribution in [0.3, 0.4) is 0 Å². The van der Waals surface area contributed by atoms with E-state index < -0.39 is 0 Å². The van der Waals surface area contributed by atoms with Gasteiger partial charge in [-0.3, -0.25) is 0 Å². The molecule has 0 aliphatic carbocycles. The lowest BCUT2D eigenvalue weighted by Crippen LogP contribution is -2.06. The Morgan fingerprint density at radius 2 is 1.75 bits per heavy atom. The summed E-state index contributed by atoms with van der Waals surface area (Å²) in [5.41, 5.74) is 10.6. The van der Waals surface area contributed by atoms with E-state index in [0.29, 0.717) is 5.82 Å². The molecule has 0 amide bonds. The zero-order valence-corrected chi connectivity index (χ0v) is 11.2. The molecule has 3 nitrogen and oxygen atoms in total. The number of nitrogens with zero attached hydrogens (tertiary/aromatic N) is 2. The lowest BCUT2D eigenvalue weighted by molar-refractivity contribution is 0.874. The van der Waals surface area contributed by atoms with Gasteiger partial charge in [0.25, 0.3) is 0 Å². The Labute approximate surface area is 103 Å². The Kier molecular flexibility index (Phi) is 2.76. The molecule has 0 spiro atoms. The van der Waals surface area contributed by atoms with Crippen molar-refractivity contribution in [3.63, 3.8) is 0 Å². The van der Waals surface area contributed by atoms with Gasteiger partial charge in [0.2, 0.25) is 0 Å². The van der Waals surface area contributed by atoms with E-state index in [9.17, 15) is 0 Å². The van der Waals surface area contributed by atoms with E-state index in [0.717, 1.165) is 10.2 Å². The van der Waals surface area contributed by atoms with Crippen molar-refractivity contribution in [2.75, 3.05) is 5.73 Å². The SMILES string of the molecule is Cc1cc(C)c(-n2ncc(Br)c2N)c(C)c1. The number of rotatable bonds is 1. The maximum atomic E-state index is 5.96. The summed E-state index contributed by atoms with van der Waals surface area (Å²) in [4.78, 5) is 0. The fourth-order valence-corrected chi connectivity index (χ4v) is 2.28. The van der Waals surface area contributed by atoms with Crippen molar-refractivity contribution in [1.82, 2.24) is 9.78 Å². The van der Waals surface area contributed by atoms with Gasteiger partial charge < -0.3 is 5.73 Å². The molecular formula is C12H14BrN3. The van der Waals surface area contributed by atoms with Crippen LogP contribution in [0.1, 0.15) is 16.7 Å². The van der Waals surface area contributed by atoms with E-state index in [1.54, 1.807) is 10.9 Å². The van der Waals surface area contributed by atoms with Gasteiger partial charge in [-0.05, 0) is 47.8 Å². The van der Waals surface area contributed by atoms with Crippen LogP contribution in [0.25, 0.3) is 5.69 Å². The van der Waals surface area contributed by atoms with Crippen molar-refractivity contribution in [2.45, 2.75) is 20.8 Å². The highest BCUT2D eigenvalue weighted by atomic mass is 79.9. The largest absolute Gasteiger partial charge is 0.383 e. The molecule has 0 saturated carbocycles. The first kappa shape index (κ1) is 11.2. The number of nitrogen functional groups attached to an aromatic ring is 1. The third-order valence-corrected chi connectivity index (χ3v) is 3.22. The molecule has 0 bridgehead atoms. The van der Waals surface area contributed by atoms with Crippen LogP contribution in [0.15, 0.2) is 22.8 Å². The van der Waals surface area contributed by atoms with Crippen molar-refractivity contribution in [2.24, 2.45) is 0 Å². The summed E-state index contributed by atoms with van der Waals surface area (Å²) >= 11 is 3.37. The predicted molar refractivity (Wildman–Crippen MR) is 69.9 cm³/mol. The van der Waals surface area contributed by atoms with Crippen LogP contribution in [0, 0.1) is 20.8 Å². The van der Waals surface area contributed by atoms with E-state index in [4.69, 9.17) is 5.73 Å². The normalized spacial score (nSPS) is 10.8. The summed E-state index contributed by atoms with van der Waals surface area (Å²) in [5.74, 6) is 0.634. The first-order chi connectivity index (χ1) is 7.50. The first-order valence-electron chi connectivity index (χ1n) is 5.08.